The van der Waals surface area contributed by atoms with Crippen LogP contribution in [0, 0.1) is 5.41 Å². The molecule has 164 valence electrons. The Morgan fingerprint density at radius 1 is 1.17 bits per heavy atom. The molecule has 2 aromatic rings. The first-order chi connectivity index (χ1) is 14.5. The van der Waals surface area contributed by atoms with Gasteiger partial charge >= 0.3 is 0 Å². The summed E-state index contributed by atoms with van der Waals surface area (Å²) < 4.78 is 8.07. The van der Waals surface area contributed by atoms with Gasteiger partial charge in [-0.3, -0.25) is 4.90 Å². The lowest BCUT2D eigenvalue weighted by Crippen LogP contribution is -2.43. The highest BCUT2D eigenvalue weighted by molar-refractivity contribution is 5.27. The molecule has 0 N–H and O–H groups in total. The summed E-state index contributed by atoms with van der Waals surface area (Å²) in [5.74, 6) is 2.65. The van der Waals surface area contributed by atoms with Crippen LogP contribution in [-0.4, -0.2) is 63.9 Å². The van der Waals surface area contributed by atoms with Gasteiger partial charge in [-0.25, -0.2) is 0 Å². The van der Waals surface area contributed by atoms with E-state index < -0.39 is 0 Å². The van der Waals surface area contributed by atoms with E-state index in [1.165, 1.54) is 30.8 Å². The highest BCUT2D eigenvalue weighted by atomic mass is 16.5. The van der Waals surface area contributed by atoms with Crippen LogP contribution >= 0.6 is 0 Å². The van der Waals surface area contributed by atoms with Gasteiger partial charge in [-0.15, -0.1) is 10.2 Å². The molecule has 0 bridgehead atoms. The van der Waals surface area contributed by atoms with Crippen molar-refractivity contribution < 1.29 is 4.74 Å². The third-order valence-corrected chi connectivity index (χ3v) is 6.79. The van der Waals surface area contributed by atoms with Gasteiger partial charge in [-0.2, -0.15) is 0 Å². The molecule has 0 radical (unpaired) electrons. The van der Waals surface area contributed by atoms with Crippen molar-refractivity contribution in [3.63, 3.8) is 0 Å². The average molecular weight is 412 g/mol. The second kappa shape index (κ2) is 9.06. The molecule has 0 saturated carbocycles. The van der Waals surface area contributed by atoms with Crippen LogP contribution in [0.15, 0.2) is 30.6 Å². The fourth-order valence-electron chi connectivity index (χ4n) is 5.39. The number of piperidine rings is 1. The third-order valence-electron chi connectivity index (χ3n) is 6.79. The maximum atomic E-state index is 5.78. The van der Waals surface area contributed by atoms with Crippen LogP contribution in [0.25, 0.3) is 0 Å². The zero-order chi connectivity index (χ0) is 21.1. The summed E-state index contributed by atoms with van der Waals surface area (Å²) in [4.78, 5) is 5.11. The van der Waals surface area contributed by atoms with Crippen molar-refractivity contribution in [3.05, 3.63) is 42.0 Å². The zero-order valence-corrected chi connectivity index (χ0v) is 19.0. The molecular weight excluding hydrogens is 374 g/mol. The molecule has 30 heavy (non-hydrogen) atoms. The van der Waals surface area contributed by atoms with E-state index in [0.29, 0.717) is 11.3 Å². The summed E-state index contributed by atoms with van der Waals surface area (Å²) in [6.45, 7) is 13.0. The largest absolute Gasteiger partial charge is 0.491 e. The Labute approximate surface area is 181 Å². The minimum absolute atomic E-state index is 0.217. The van der Waals surface area contributed by atoms with E-state index in [2.05, 4.69) is 76.6 Å². The standard InChI is InChI=1S/C24H37N5O/c1-5-12-29-18-25-26-23(29)22-16-27(4)17-24(22)10-13-28(14-11-24)15-20-6-8-21(9-7-20)30-19(2)3/h6-9,18-19,22H,5,10-17H2,1-4H3. The molecule has 1 atom stereocenters. The first kappa shape index (κ1) is 21.3. The first-order valence-electron chi connectivity index (χ1n) is 11.5. The average Bonchev–Trinajstić information content (AvgIpc) is 3.29. The Bertz CT molecular complexity index is 807. The lowest BCUT2D eigenvalue weighted by molar-refractivity contribution is 0.0911. The summed E-state index contributed by atoms with van der Waals surface area (Å²) in [6, 6.07) is 8.62. The van der Waals surface area contributed by atoms with E-state index in [1.807, 2.05) is 6.33 Å². The molecule has 2 aliphatic rings. The van der Waals surface area contributed by atoms with Crippen LogP contribution in [0.3, 0.4) is 0 Å². The number of aryl methyl sites for hydroxylation is 1. The van der Waals surface area contributed by atoms with Gasteiger partial charge in [-0.1, -0.05) is 19.1 Å². The van der Waals surface area contributed by atoms with E-state index in [-0.39, 0.29) is 6.10 Å². The minimum Gasteiger partial charge on any atom is -0.491 e. The Balaban J connectivity index is 1.40. The predicted octanol–water partition coefficient (Wildman–Crippen LogP) is 3.79. The molecule has 4 rings (SSSR count). The number of hydrogen-bond acceptors (Lipinski definition) is 5. The normalized spacial score (nSPS) is 22.2. The Morgan fingerprint density at radius 2 is 1.90 bits per heavy atom. The van der Waals surface area contributed by atoms with Crippen LogP contribution in [0.4, 0.5) is 0 Å². The zero-order valence-electron chi connectivity index (χ0n) is 19.0. The molecule has 3 heterocycles. The van der Waals surface area contributed by atoms with Gasteiger partial charge in [-0.05, 0) is 76.4 Å². The van der Waals surface area contributed by atoms with Crippen molar-refractivity contribution in [1.82, 2.24) is 24.6 Å². The number of likely N-dealkylation sites (tertiary alicyclic amines) is 2. The number of rotatable bonds is 7. The van der Waals surface area contributed by atoms with Crippen molar-refractivity contribution in [1.29, 1.82) is 0 Å². The molecule has 1 aromatic carbocycles. The number of hydrogen-bond donors (Lipinski definition) is 0. The summed E-state index contributed by atoms with van der Waals surface area (Å²) in [5, 5.41) is 8.83. The molecule has 1 spiro atoms. The van der Waals surface area contributed by atoms with Crippen molar-refractivity contribution >= 4 is 0 Å². The Kier molecular flexibility index (Phi) is 6.44. The van der Waals surface area contributed by atoms with Crippen LogP contribution < -0.4 is 4.74 Å². The number of benzene rings is 1. The van der Waals surface area contributed by atoms with E-state index in [0.717, 1.165) is 44.9 Å². The third kappa shape index (κ3) is 4.54. The number of aromatic nitrogens is 3. The molecule has 1 aromatic heterocycles. The number of nitrogens with zero attached hydrogens (tertiary/aromatic N) is 5. The van der Waals surface area contributed by atoms with Crippen LogP contribution in [0.1, 0.15) is 57.3 Å². The fraction of sp³-hybridized carbons (Fsp3) is 0.667. The molecule has 0 aliphatic carbocycles. The van der Waals surface area contributed by atoms with Crippen LogP contribution in [-0.2, 0) is 13.1 Å². The van der Waals surface area contributed by atoms with Crippen molar-refractivity contribution in [2.75, 3.05) is 33.2 Å². The van der Waals surface area contributed by atoms with E-state index >= 15 is 0 Å². The van der Waals surface area contributed by atoms with Gasteiger partial charge in [0.15, 0.2) is 0 Å². The molecule has 0 amide bonds. The Hall–Kier alpha value is -1.92. The number of likely N-dealkylation sites (N-methyl/N-ethyl adjacent to an activating group) is 1. The fourth-order valence-corrected chi connectivity index (χ4v) is 5.39. The van der Waals surface area contributed by atoms with Crippen molar-refractivity contribution in [3.8, 4) is 5.75 Å². The molecule has 2 saturated heterocycles. The van der Waals surface area contributed by atoms with Crippen molar-refractivity contribution in [2.24, 2.45) is 5.41 Å². The van der Waals surface area contributed by atoms with Crippen molar-refractivity contribution in [2.45, 2.75) is 65.1 Å². The van der Waals surface area contributed by atoms with Gasteiger partial charge in [0.25, 0.3) is 0 Å². The highest BCUT2D eigenvalue weighted by Crippen LogP contribution is 2.49. The SMILES string of the molecule is CCCn1cnnc1C1CN(C)CC12CCN(Cc1ccc(OC(C)C)cc1)CC2. The molecule has 6 nitrogen and oxygen atoms in total. The summed E-state index contributed by atoms with van der Waals surface area (Å²) >= 11 is 0. The molecule has 2 fully saturated rings. The van der Waals surface area contributed by atoms with Gasteiger partial charge in [0.1, 0.15) is 17.9 Å². The Morgan fingerprint density at radius 3 is 2.57 bits per heavy atom. The number of ether oxygens (including phenoxy) is 1. The second-order valence-corrected chi connectivity index (χ2v) is 9.58. The summed E-state index contributed by atoms with van der Waals surface area (Å²) in [5.41, 5.74) is 1.70. The lowest BCUT2D eigenvalue weighted by atomic mass is 9.70. The molecular formula is C24H37N5O. The molecule has 2 aliphatic heterocycles. The topological polar surface area (TPSA) is 46.4 Å². The van der Waals surface area contributed by atoms with Gasteiger partial charge in [0, 0.05) is 32.1 Å². The van der Waals surface area contributed by atoms with Crippen LogP contribution in [0.2, 0.25) is 0 Å². The van der Waals surface area contributed by atoms with Gasteiger partial charge < -0.3 is 14.2 Å². The quantitative estimate of drug-likeness (QED) is 0.694. The first-order valence-corrected chi connectivity index (χ1v) is 11.5. The van der Waals surface area contributed by atoms with E-state index in [4.69, 9.17) is 4.74 Å². The summed E-state index contributed by atoms with van der Waals surface area (Å²) in [6.07, 6.45) is 5.72. The molecule has 6 heteroatoms. The maximum Gasteiger partial charge on any atom is 0.137 e. The van der Waals surface area contributed by atoms with E-state index in [9.17, 15) is 0 Å². The highest BCUT2D eigenvalue weighted by Gasteiger charge is 2.49. The van der Waals surface area contributed by atoms with E-state index in [1.54, 1.807) is 0 Å². The maximum absolute atomic E-state index is 5.78. The summed E-state index contributed by atoms with van der Waals surface area (Å²) in [7, 11) is 2.26. The van der Waals surface area contributed by atoms with Gasteiger partial charge in [0.2, 0.25) is 0 Å². The van der Waals surface area contributed by atoms with Crippen LogP contribution in [0.5, 0.6) is 5.75 Å². The molecule has 1 unspecified atom stereocenters. The van der Waals surface area contributed by atoms with Gasteiger partial charge in [0.05, 0.1) is 6.10 Å². The lowest BCUT2D eigenvalue weighted by Gasteiger charge is -2.42. The monoisotopic (exact) mass is 411 g/mol. The predicted molar refractivity (Wildman–Crippen MR) is 120 cm³/mol. The second-order valence-electron chi connectivity index (χ2n) is 9.58. The minimum atomic E-state index is 0.217. The smallest absolute Gasteiger partial charge is 0.137 e.